The van der Waals surface area contributed by atoms with E-state index in [-0.39, 0.29) is 30.5 Å². The highest BCUT2D eigenvalue weighted by molar-refractivity contribution is 5.97. The molecule has 2 bridgehead atoms. The number of hydrogen-bond acceptors (Lipinski definition) is 10. The molecule has 0 N–H and O–H groups in total. The largest absolute Gasteiger partial charge is 0.467 e. The van der Waals surface area contributed by atoms with Crippen molar-refractivity contribution in [3.05, 3.63) is 30.2 Å². The third-order valence-corrected chi connectivity index (χ3v) is 7.61. The summed E-state index contributed by atoms with van der Waals surface area (Å²) in [6.45, 7) is 5.40. The highest BCUT2D eigenvalue weighted by atomic mass is 19.1. The van der Waals surface area contributed by atoms with Crippen molar-refractivity contribution >= 4 is 28.9 Å². The average molecular weight is 585 g/mol. The van der Waals surface area contributed by atoms with Crippen molar-refractivity contribution in [2.45, 2.75) is 69.9 Å². The van der Waals surface area contributed by atoms with Crippen LogP contribution in [0.15, 0.2) is 28.8 Å². The molecule has 5 rings (SSSR count). The Balaban J connectivity index is 1.38. The van der Waals surface area contributed by atoms with E-state index in [2.05, 4.69) is 15.2 Å². The number of rotatable bonds is 7. The second-order valence-electron chi connectivity index (χ2n) is 11.9. The van der Waals surface area contributed by atoms with Gasteiger partial charge in [0.2, 0.25) is 5.95 Å². The summed E-state index contributed by atoms with van der Waals surface area (Å²) in [7, 11) is 6.54. The van der Waals surface area contributed by atoms with Crippen LogP contribution in [-0.2, 0) is 9.47 Å². The first kappa shape index (κ1) is 29.5. The summed E-state index contributed by atoms with van der Waals surface area (Å²) >= 11 is 0. The molecule has 4 atom stereocenters. The number of aromatic nitrogens is 3. The van der Waals surface area contributed by atoms with Gasteiger partial charge in [-0.3, -0.25) is 9.69 Å². The van der Waals surface area contributed by atoms with Crippen molar-refractivity contribution in [1.29, 1.82) is 0 Å². The van der Waals surface area contributed by atoms with Gasteiger partial charge < -0.3 is 28.4 Å². The van der Waals surface area contributed by atoms with E-state index >= 15 is 4.39 Å². The number of hydrogen-bond donors (Lipinski definition) is 0. The number of anilines is 1. The number of fused-ring (bicyclic) bond motifs is 3. The van der Waals surface area contributed by atoms with Gasteiger partial charge in [0.25, 0.3) is 5.91 Å². The van der Waals surface area contributed by atoms with Gasteiger partial charge in [0.1, 0.15) is 28.8 Å². The summed E-state index contributed by atoms with van der Waals surface area (Å²) in [5.41, 5.74) is 0.752. The maximum atomic E-state index is 15.9. The fourth-order valence-corrected chi connectivity index (χ4v) is 5.63. The predicted molar refractivity (Wildman–Crippen MR) is 152 cm³/mol. The molecular weight excluding hydrogens is 547 g/mol. The normalized spacial score (nSPS) is 21.9. The molecule has 2 aliphatic heterocycles. The SMILES string of the molecule is COCOc1cc2cc(C(=O)N(C)C)oc2cc1-c1cnc(N(C)[C@H]2C[C@@H]3CC[C@H]([C@H]2F)N3C(=O)OC(C)(C)C)nn1. The minimum Gasteiger partial charge on any atom is -0.467 e. The molecule has 2 saturated heterocycles. The van der Waals surface area contributed by atoms with Crippen LogP contribution in [-0.4, -0.2) is 102 Å². The molecule has 0 radical (unpaired) electrons. The quantitative estimate of drug-likeness (QED) is 0.372. The zero-order valence-corrected chi connectivity index (χ0v) is 25.0. The first-order valence-electron chi connectivity index (χ1n) is 13.9. The summed E-state index contributed by atoms with van der Waals surface area (Å²) in [5, 5.41) is 9.36. The third kappa shape index (κ3) is 5.69. The van der Waals surface area contributed by atoms with E-state index in [0.717, 1.165) is 0 Å². The maximum absolute atomic E-state index is 15.9. The topological polar surface area (TPSA) is 123 Å². The predicted octanol–water partition coefficient (Wildman–Crippen LogP) is 4.28. The van der Waals surface area contributed by atoms with Crippen LogP contribution in [0.3, 0.4) is 0 Å². The minimum atomic E-state index is -1.31. The first-order chi connectivity index (χ1) is 19.9. The Morgan fingerprint density at radius 2 is 1.90 bits per heavy atom. The number of nitrogens with zero attached hydrogens (tertiary/aromatic N) is 6. The lowest BCUT2D eigenvalue weighted by atomic mass is 9.94. The van der Waals surface area contributed by atoms with E-state index in [9.17, 15) is 9.59 Å². The summed E-state index contributed by atoms with van der Waals surface area (Å²) in [4.78, 5) is 34.4. The van der Waals surface area contributed by atoms with Crippen molar-refractivity contribution in [2.24, 2.45) is 0 Å². The lowest BCUT2D eigenvalue weighted by Gasteiger charge is -2.44. The van der Waals surface area contributed by atoms with Crippen LogP contribution in [0.2, 0.25) is 0 Å². The van der Waals surface area contributed by atoms with E-state index in [1.807, 2.05) is 0 Å². The van der Waals surface area contributed by atoms with Gasteiger partial charge in [-0.25, -0.2) is 14.2 Å². The van der Waals surface area contributed by atoms with Crippen LogP contribution >= 0.6 is 0 Å². The molecule has 1 aromatic carbocycles. The number of benzene rings is 1. The van der Waals surface area contributed by atoms with Crippen molar-refractivity contribution in [2.75, 3.05) is 39.9 Å². The summed E-state index contributed by atoms with van der Waals surface area (Å²) in [6.07, 6.45) is 1.48. The van der Waals surface area contributed by atoms with Crippen molar-refractivity contribution in [1.82, 2.24) is 25.0 Å². The molecule has 2 amide bonds. The van der Waals surface area contributed by atoms with Crippen molar-refractivity contribution in [3.63, 3.8) is 0 Å². The first-order valence-corrected chi connectivity index (χ1v) is 13.9. The zero-order valence-electron chi connectivity index (χ0n) is 25.0. The number of halogens is 1. The average Bonchev–Trinajstić information content (AvgIpc) is 3.52. The summed E-state index contributed by atoms with van der Waals surface area (Å²) < 4.78 is 38.1. The molecule has 226 valence electrons. The monoisotopic (exact) mass is 584 g/mol. The summed E-state index contributed by atoms with van der Waals surface area (Å²) in [5.74, 6) is 0.630. The molecule has 3 aromatic rings. The number of amides is 2. The molecule has 0 aliphatic carbocycles. The Hall–Kier alpha value is -4.00. The highest BCUT2D eigenvalue weighted by Crippen LogP contribution is 2.41. The zero-order chi connectivity index (χ0) is 30.3. The van der Waals surface area contributed by atoms with Gasteiger partial charge in [0.05, 0.1) is 18.3 Å². The molecule has 42 heavy (non-hydrogen) atoms. The molecule has 2 aliphatic rings. The number of furan rings is 1. The fourth-order valence-electron chi connectivity index (χ4n) is 5.63. The van der Waals surface area contributed by atoms with E-state index in [1.165, 1.54) is 18.2 Å². The number of carbonyl (C=O) groups is 2. The fraction of sp³-hybridized carbons (Fsp3) is 0.552. The van der Waals surface area contributed by atoms with E-state index in [4.69, 9.17) is 18.6 Å². The Bertz CT molecular complexity index is 1460. The van der Waals surface area contributed by atoms with Gasteiger partial charge in [0.15, 0.2) is 12.6 Å². The Labute approximate surface area is 243 Å². The second kappa shape index (κ2) is 11.3. The molecule has 12 nitrogen and oxygen atoms in total. The van der Waals surface area contributed by atoms with Gasteiger partial charge in [-0.1, -0.05) is 0 Å². The van der Waals surface area contributed by atoms with Gasteiger partial charge >= 0.3 is 6.09 Å². The van der Waals surface area contributed by atoms with Crippen LogP contribution in [0.25, 0.3) is 22.2 Å². The molecule has 2 fully saturated rings. The molecule has 2 aromatic heterocycles. The molecule has 0 spiro atoms. The molecule has 13 heteroatoms. The van der Waals surface area contributed by atoms with Crippen LogP contribution < -0.4 is 9.64 Å². The van der Waals surface area contributed by atoms with E-state index in [0.29, 0.717) is 47.2 Å². The lowest BCUT2D eigenvalue weighted by molar-refractivity contribution is -0.0104. The smallest absolute Gasteiger partial charge is 0.410 e. The van der Waals surface area contributed by atoms with Crippen molar-refractivity contribution < 1.29 is 32.6 Å². The highest BCUT2D eigenvalue weighted by Gasteiger charge is 2.52. The number of piperidine rings is 1. The number of methoxy groups -OCH3 is 1. The molecule has 0 unspecified atom stereocenters. The lowest BCUT2D eigenvalue weighted by Crippen LogP contribution is -2.59. The maximum Gasteiger partial charge on any atom is 0.410 e. The van der Waals surface area contributed by atoms with Crippen LogP contribution in [0, 0.1) is 0 Å². The van der Waals surface area contributed by atoms with Crippen LogP contribution in [0.5, 0.6) is 5.75 Å². The van der Waals surface area contributed by atoms with Gasteiger partial charge in [-0.05, 0) is 58.2 Å². The Morgan fingerprint density at radius 3 is 2.55 bits per heavy atom. The Morgan fingerprint density at radius 1 is 1.14 bits per heavy atom. The van der Waals surface area contributed by atoms with E-state index in [1.54, 1.807) is 69.9 Å². The third-order valence-electron chi connectivity index (χ3n) is 7.61. The molecule has 4 heterocycles. The number of alkyl halides is 1. The number of carbonyl (C=O) groups excluding carboxylic acids is 2. The second-order valence-corrected chi connectivity index (χ2v) is 11.9. The van der Waals surface area contributed by atoms with Crippen LogP contribution in [0.1, 0.15) is 50.6 Å². The summed E-state index contributed by atoms with van der Waals surface area (Å²) in [6, 6.07) is 3.88. The van der Waals surface area contributed by atoms with Gasteiger partial charge in [-0.2, -0.15) is 0 Å². The Kier molecular flexibility index (Phi) is 7.97. The standard InChI is InChI=1S/C29H37FN6O6/c1-29(2,3)42-28(38)36-17-8-9-20(36)25(30)21(12-17)35(6)27-31-14-19(32-33-27)18-13-22-16(10-23(18)40-15-39-7)11-24(41-22)26(37)34(4)5/h10-11,13-14,17,20-21,25H,8-9,12,15H2,1-7H3/t17-,20+,21-,25+/m0/s1. The number of ether oxygens (including phenoxy) is 3. The van der Waals surface area contributed by atoms with Gasteiger partial charge in [-0.15, -0.1) is 10.2 Å². The van der Waals surface area contributed by atoms with E-state index < -0.39 is 29.9 Å². The van der Waals surface area contributed by atoms with Crippen LogP contribution in [0.4, 0.5) is 15.1 Å². The minimum absolute atomic E-state index is 0.0102. The molecular formula is C29H37FN6O6. The molecule has 0 saturated carbocycles. The van der Waals surface area contributed by atoms with Crippen molar-refractivity contribution in [3.8, 4) is 17.0 Å². The van der Waals surface area contributed by atoms with Gasteiger partial charge in [0, 0.05) is 45.2 Å².